The Balaban J connectivity index is 1.36. The van der Waals surface area contributed by atoms with Gasteiger partial charge in [0, 0.05) is 37.4 Å². The highest BCUT2D eigenvalue weighted by Gasteiger charge is 2.24. The first kappa shape index (κ1) is 23.3. The van der Waals surface area contributed by atoms with Crippen LogP contribution in [0.3, 0.4) is 0 Å². The van der Waals surface area contributed by atoms with E-state index in [0.717, 1.165) is 11.3 Å². The molecule has 0 saturated carbocycles. The molecule has 0 atom stereocenters. The van der Waals surface area contributed by atoms with Crippen LogP contribution in [0.5, 0.6) is 0 Å². The topological polar surface area (TPSA) is 80.8 Å². The summed E-state index contributed by atoms with van der Waals surface area (Å²) in [5.41, 5.74) is 3.13. The summed E-state index contributed by atoms with van der Waals surface area (Å²) >= 11 is 0. The van der Waals surface area contributed by atoms with Crippen molar-refractivity contribution in [3.05, 3.63) is 90.3 Å². The minimum atomic E-state index is -0.535. The van der Waals surface area contributed by atoms with Gasteiger partial charge in [0.15, 0.2) is 11.5 Å². The highest BCUT2D eigenvalue weighted by Crippen LogP contribution is 2.28. The summed E-state index contributed by atoms with van der Waals surface area (Å²) in [5, 5.41) is 4.39. The van der Waals surface area contributed by atoms with Crippen LogP contribution in [-0.2, 0) is 4.74 Å². The third-order valence-electron chi connectivity index (χ3n) is 6.07. The van der Waals surface area contributed by atoms with Crippen molar-refractivity contribution in [2.45, 2.75) is 6.92 Å². The number of esters is 1. The van der Waals surface area contributed by atoms with E-state index in [9.17, 15) is 14.0 Å². The maximum Gasteiger partial charge on any atom is 0.358 e. The monoisotopic (exact) mass is 488 g/mol. The molecule has 9 heteroatoms. The summed E-state index contributed by atoms with van der Waals surface area (Å²) < 4.78 is 25.8. The van der Waals surface area contributed by atoms with Crippen LogP contribution in [0.15, 0.2) is 77.4 Å². The molecule has 0 N–H and O–H groups in total. The van der Waals surface area contributed by atoms with Gasteiger partial charge in [-0.1, -0.05) is 18.2 Å². The van der Waals surface area contributed by atoms with Crippen molar-refractivity contribution in [2.75, 3.05) is 37.7 Å². The van der Waals surface area contributed by atoms with Gasteiger partial charge in [-0.05, 0) is 55.5 Å². The molecule has 5 rings (SSSR count). The van der Waals surface area contributed by atoms with E-state index >= 15 is 0 Å². The van der Waals surface area contributed by atoms with Gasteiger partial charge >= 0.3 is 5.97 Å². The van der Waals surface area contributed by atoms with Crippen molar-refractivity contribution in [1.82, 2.24) is 14.7 Å². The van der Waals surface area contributed by atoms with E-state index < -0.39 is 11.8 Å². The number of hydrogen-bond acceptors (Lipinski definition) is 6. The first-order chi connectivity index (χ1) is 17.5. The van der Waals surface area contributed by atoms with E-state index in [2.05, 4.69) is 10.00 Å². The number of aromatic nitrogens is 2. The Morgan fingerprint density at radius 2 is 1.75 bits per heavy atom. The fourth-order valence-corrected chi connectivity index (χ4v) is 4.26. The molecule has 0 radical (unpaired) electrons. The molecule has 184 valence electrons. The molecule has 1 aliphatic heterocycles. The molecule has 0 unspecified atom stereocenters. The number of rotatable bonds is 6. The quantitative estimate of drug-likeness (QED) is 0.374. The predicted molar refractivity (Wildman–Crippen MR) is 132 cm³/mol. The highest BCUT2D eigenvalue weighted by molar-refractivity contribution is 5.91. The summed E-state index contributed by atoms with van der Waals surface area (Å²) in [6, 6.07) is 19.0. The SMILES string of the molecule is CCOC(=O)c1cc(-c2ccc(N3CCN(C(=O)c4ccco4)CC3)cc2)n(-c2cccc(F)c2)n1. The Bertz CT molecular complexity index is 1360. The zero-order chi connectivity index (χ0) is 25.1. The second-order valence-corrected chi connectivity index (χ2v) is 8.33. The first-order valence-corrected chi connectivity index (χ1v) is 11.7. The predicted octanol–water partition coefficient (Wildman–Crippen LogP) is 4.41. The lowest BCUT2D eigenvalue weighted by Crippen LogP contribution is -2.48. The van der Waals surface area contributed by atoms with Gasteiger partial charge in [0.25, 0.3) is 5.91 Å². The van der Waals surface area contributed by atoms with E-state index in [-0.39, 0.29) is 18.2 Å². The van der Waals surface area contributed by atoms with Gasteiger partial charge < -0.3 is 19.0 Å². The normalized spacial score (nSPS) is 13.6. The van der Waals surface area contributed by atoms with Crippen LogP contribution in [0, 0.1) is 5.82 Å². The standard InChI is InChI=1S/C27H25FN4O4/c1-2-35-27(34)23-18-24(32(29-23)22-6-3-5-20(28)17-22)19-8-10-21(11-9-19)30-12-14-31(15-13-30)26(33)25-7-4-16-36-25/h3-11,16-18H,2,12-15H2,1H3. The number of halogens is 1. The molecule has 1 amide bonds. The zero-order valence-corrected chi connectivity index (χ0v) is 19.8. The Morgan fingerprint density at radius 1 is 0.972 bits per heavy atom. The summed E-state index contributed by atoms with van der Waals surface area (Å²) in [5.74, 6) is -0.679. The van der Waals surface area contributed by atoms with Gasteiger partial charge in [-0.3, -0.25) is 4.79 Å². The lowest BCUT2D eigenvalue weighted by atomic mass is 10.1. The molecule has 1 saturated heterocycles. The first-order valence-electron chi connectivity index (χ1n) is 11.7. The van der Waals surface area contributed by atoms with Crippen molar-refractivity contribution in [3.63, 3.8) is 0 Å². The van der Waals surface area contributed by atoms with E-state index in [0.29, 0.717) is 43.3 Å². The van der Waals surface area contributed by atoms with Crippen molar-refractivity contribution in [3.8, 4) is 16.9 Å². The van der Waals surface area contributed by atoms with Crippen LogP contribution in [0.1, 0.15) is 28.0 Å². The van der Waals surface area contributed by atoms with Crippen LogP contribution in [0.25, 0.3) is 16.9 Å². The van der Waals surface area contributed by atoms with Crippen molar-refractivity contribution in [2.24, 2.45) is 0 Å². The smallest absolute Gasteiger partial charge is 0.358 e. The van der Waals surface area contributed by atoms with Gasteiger partial charge in [0.05, 0.1) is 24.3 Å². The largest absolute Gasteiger partial charge is 0.461 e. The van der Waals surface area contributed by atoms with Crippen LogP contribution < -0.4 is 4.90 Å². The average molecular weight is 489 g/mol. The summed E-state index contributed by atoms with van der Waals surface area (Å²) in [6.45, 7) is 4.54. The molecule has 2 aromatic heterocycles. The molecule has 0 aliphatic carbocycles. The number of furan rings is 1. The molecule has 4 aromatic rings. The third kappa shape index (κ3) is 4.72. The van der Waals surface area contributed by atoms with E-state index in [4.69, 9.17) is 9.15 Å². The molecular weight excluding hydrogens is 463 g/mol. The van der Waals surface area contributed by atoms with Crippen LogP contribution >= 0.6 is 0 Å². The molecule has 8 nitrogen and oxygen atoms in total. The van der Waals surface area contributed by atoms with E-state index in [1.807, 2.05) is 24.3 Å². The molecule has 1 fully saturated rings. The Labute approximate surface area is 207 Å². The maximum atomic E-state index is 13.9. The number of piperazine rings is 1. The summed E-state index contributed by atoms with van der Waals surface area (Å²) in [7, 11) is 0. The summed E-state index contributed by atoms with van der Waals surface area (Å²) in [4.78, 5) is 28.9. The molecule has 0 spiro atoms. The minimum Gasteiger partial charge on any atom is -0.461 e. The lowest BCUT2D eigenvalue weighted by Gasteiger charge is -2.35. The van der Waals surface area contributed by atoms with Gasteiger partial charge in [-0.25, -0.2) is 13.9 Å². The molecule has 2 aromatic carbocycles. The maximum absolute atomic E-state index is 13.9. The number of carbonyl (C=O) groups excluding carboxylic acids is 2. The lowest BCUT2D eigenvalue weighted by molar-refractivity contribution is 0.0518. The fraction of sp³-hybridized carbons (Fsp3) is 0.222. The zero-order valence-electron chi connectivity index (χ0n) is 19.8. The average Bonchev–Trinajstić information content (AvgIpc) is 3.60. The Kier molecular flexibility index (Phi) is 6.53. The van der Waals surface area contributed by atoms with Crippen LogP contribution in [-0.4, -0.2) is 59.3 Å². The number of benzene rings is 2. The number of amides is 1. The van der Waals surface area contributed by atoms with Gasteiger partial charge in [-0.2, -0.15) is 5.10 Å². The molecule has 0 bridgehead atoms. The van der Waals surface area contributed by atoms with Crippen molar-refractivity contribution in [1.29, 1.82) is 0 Å². The molecular formula is C27H25FN4O4. The Hall–Kier alpha value is -4.40. The van der Waals surface area contributed by atoms with Gasteiger partial charge in [0.2, 0.25) is 0 Å². The van der Waals surface area contributed by atoms with E-state index in [1.54, 1.807) is 46.8 Å². The second-order valence-electron chi connectivity index (χ2n) is 8.33. The van der Waals surface area contributed by atoms with Crippen LogP contribution in [0.2, 0.25) is 0 Å². The second kappa shape index (κ2) is 10.1. The van der Waals surface area contributed by atoms with E-state index in [1.165, 1.54) is 18.4 Å². The number of carbonyl (C=O) groups is 2. The summed E-state index contributed by atoms with van der Waals surface area (Å²) in [6.07, 6.45) is 1.50. The number of hydrogen-bond donors (Lipinski definition) is 0. The third-order valence-corrected chi connectivity index (χ3v) is 6.07. The molecule has 1 aliphatic rings. The molecule has 36 heavy (non-hydrogen) atoms. The van der Waals surface area contributed by atoms with Crippen molar-refractivity contribution >= 4 is 17.6 Å². The number of ether oxygens (including phenoxy) is 1. The van der Waals surface area contributed by atoms with Gasteiger partial charge in [-0.15, -0.1) is 0 Å². The number of anilines is 1. The van der Waals surface area contributed by atoms with Crippen LogP contribution in [0.4, 0.5) is 10.1 Å². The molecule has 3 heterocycles. The van der Waals surface area contributed by atoms with Gasteiger partial charge in [0.1, 0.15) is 5.82 Å². The highest BCUT2D eigenvalue weighted by atomic mass is 19.1. The van der Waals surface area contributed by atoms with Crippen molar-refractivity contribution < 1.29 is 23.1 Å². The Morgan fingerprint density at radius 3 is 2.42 bits per heavy atom. The minimum absolute atomic E-state index is 0.0991. The number of nitrogens with zero attached hydrogens (tertiary/aromatic N) is 4. The fourth-order valence-electron chi connectivity index (χ4n) is 4.26.